The van der Waals surface area contributed by atoms with Crippen molar-refractivity contribution in [2.24, 2.45) is 0 Å². The molecule has 0 saturated carbocycles. The molecule has 1 aromatic heterocycles. The van der Waals surface area contributed by atoms with Crippen LogP contribution in [0.2, 0.25) is 0 Å². The highest BCUT2D eigenvalue weighted by atomic mass is 14.9. The van der Waals surface area contributed by atoms with Crippen LogP contribution in [0.3, 0.4) is 0 Å². The van der Waals surface area contributed by atoms with Gasteiger partial charge in [0.05, 0.1) is 11.4 Å². The van der Waals surface area contributed by atoms with Gasteiger partial charge in [-0.15, -0.1) is 0 Å². The third-order valence-electron chi connectivity index (χ3n) is 10.8. The first kappa shape index (κ1) is 29.5. The average Bonchev–Trinajstić information content (AvgIpc) is 3.43. The summed E-state index contributed by atoms with van der Waals surface area (Å²) in [7, 11) is 0. The summed E-state index contributed by atoms with van der Waals surface area (Å²) in [5.41, 5.74) is 12.8. The first-order valence-corrected chi connectivity index (χ1v) is 17.7. The topological polar surface area (TPSA) is 25.8 Å². The summed E-state index contributed by atoms with van der Waals surface area (Å²) in [4.78, 5) is 10.8. The molecule has 0 unspecified atom stereocenters. The molecule has 240 valence electrons. The second kappa shape index (κ2) is 11.3. The molecule has 2 heteroatoms. The third kappa shape index (κ3) is 4.64. The van der Waals surface area contributed by atoms with E-state index in [9.17, 15) is 0 Å². The number of hydrogen-bond donors (Lipinski definition) is 0. The van der Waals surface area contributed by atoms with Gasteiger partial charge in [0, 0.05) is 27.5 Å². The van der Waals surface area contributed by atoms with Gasteiger partial charge in [-0.25, -0.2) is 9.97 Å². The van der Waals surface area contributed by atoms with E-state index in [1.807, 2.05) is 0 Å². The van der Waals surface area contributed by atoms with Gasteiger partial charge in [-0.2, -0.15) is 0 Å². The van der Waals surface area contributed by atoms with Crippen molar-refractivity contribution in [2.75, 3.05) is 0 Å². The predicted molar refractivity (Wildman–Crippen MR) is 214 cm³/mol. The van der Waals surface area contributed by atoms with Crippen molar-refractivity contribution in [3.63, 3.8) is 0 Å². The Kier molecular flexibility index (Phi) is 6.56. The van der Waals surface area contributed by atoms with Crippen molar-refractivity contribution >= 4 is 32.3 Å². The summed E-state index contributed by atoms with van der Waals surface area (Å²) in [6.45, 7) is 4.68. The summed E-state index contributed by atoms with van der Waals surface area (Å²) in [6.07, 6.45) is 0. The zero-order chi connectivity index (χ0) is 34.1. The SMILES string of the molecule is CC1(C)c2ccccc2-c2c(-c3cccc(-c4cc(-c5ccccc5)nc(-c5c6ccccc6cc6ccc7ccccc7c56)n4)c3)cccc21. The molecule has 1 heterocycles. The second-order valence-electron chi connectivity index (χ2n) is 14.2. The number of aromatic nitrogens is 2. The molecule has 0 spiro atoms. The molecule has 10 rings (SSSR count). The van der Waals surface area contributed by atoms with Gasteiger partial charge in [0.25, 0.3) is 0 Å². The van der Waals surface area contributed by atoms with E-state index in [1.54, 1.807) is 0 Å². The van der Waals surface area contributed by atoms with Crippen molar-refractivity contribution in [3.05, 3.63) is 181 Å². The molecule has 9 aromatic rings. The van der Waals surface area contributed by atoms with Crippen LogP contribution in [-0.2, 0) is 5.41 Å². The second-order valence-corrected chi connectivity index (χ2v) is 14.2. The van der Waals surface area contributed by atoms with Gasteiger partial charge in [-0.05, 0) is 78.5 Å². The zero-order valence-electron chi connectivity index (χ0n) is 28.6. The quantitative estimate of drug-likeness (QED) is 0.140. The molecule has 0 N–H and O–H groups in total. The molecule has 0 atom stereocenters. The van der Waals surface area contributed by atoms with Gasteiger partial charge in [-0.1, -0.05) is 166 Å². The van der Waals surface area contributed by atoms with Crippen molar-refractivity contribution in [1.29, 1.82) is 0 Å². The number of rotatable bonds is 4. The molecule has 51 heavy (non-hydrogen) atoms. The average molecular weight is 651 g/mol. The molecule has 0 saturated heterocycles. The Morgan fingerprint density at radius 3 is 1.86 bits per heavy atom. The maximum atomic E-state index is 5.46. The monoisotopic (exact) mass is 650 g/mol. The van der Waals surface area contributed by atoms with Crippen LogP contribution in [0, 0.1) is 0 Å². The van der Waals surface area contributed by atoms with E-state index in [4.69, 9.17) is 9.97 Å². The standard InChI is InChI=1S/C49H34N2/c1-49(2)41-24-11-10-22-40(41)46-38(23-13-25-42(46)49)34-18-12-19-35(28-34)44-30-43(32-15-4-3-5-16-32)50-48(51-44)47-39-21-9-7-17-33(39)29-36-27-26-31-14-6-8-20-37(31)45(36)47/h3-30H,1-2H3. The Balaban J connectivity index is 1.23. The van der Waals surface area contributed by atoms with Gasteiger partial charge >= 0.3 is 0 Å². The van der Waals surface area contributed by atoms with E-state index in [-0.39, 0.29) is 5.41 Å². The van der Waals surface area contributed by atoms with E-state index in [0.29, 0.717) is 0 Å². The van der Waals surface area contributed by atoms with Crippen molar-refractivity contribution < 1.29 is 0 Å². The lowest BCUT2D eigenvalue weighted by molar-refractivity contribution is 0.660. The smallest absolute Gasteiger partial charge is 0.161 e. The van der Waals surface area contributed by atoms with Crippen molar-refractivity contribution in [2.45, 2.75) is 19.3 Å². The van der Waals surface area contributed by atoms with Gasteiger partial charge in [0.15, 0.2) is 5.82 Å². The normalized spacial score (nSPS) is 13.1. The highest BCUT2D eigenvalue weighted by Crippen LogP contribution is 2.52. The first-order valence-electron chi connectivity index (χ1n) is 17.7. The van der Waals surface area contributed by atoms with Crippen LogP contribution < -0.4 is 0 Å². The van der Waals surface area contributed by atoms with Crippen LogP contribution >= 0.6 is 0 Å². The Morgan fingerprint density at radius 2 is 1.00 bits per heavy atom. The summed E-state index contributed by atoms with van der Waals surface area (Å²) < 4.78 is 0. The van der Waals surface area contributed by atoms with Gasteiger partial charge in [-0.3, -0.25) is 0 Å². The minimum Gasteiger partial charge on any atom is -0.228 e. The number of benzene rings is 8. The van der Waals surface area contributed by atoms with Crippen LogP contribution in [0.25, 0.3) is 88.5 Å². The van der Waals surface area contributed by atoms with E-state index >= 15 is 0 Å². The molecule has 0 fully saturated rings. The molecular formula is C49H34N2. The molecule has 0 amide bonds. The molecular weight excluding hydrogens is 617 g/mol. The van der Waals surface area contributed by atoms with Crippen LogP contribution in [0.15, 0.2) is 170 Å². The van der Waals surface area contributed by atoms with Crippen LogP contribution in [-0.4, -0.2) is 9.97 Å². The Labute approximate surface area is 297 Å². The molecule has 0 radical (unpaired) electrons. The number of nitrogens with zero attached hydrogens (tertiary/aromatic N) is 2. The fourth-order valence-electron chi connectivity index (χ4n) is 8.38. The van der Waals surface area contributed by atoms with Crippen LogP contribution in [0.4, 0.5) is 0 Å². The van der Waals surface area contributed by atoms with E-state index in [2.05, 4.69) is 184 Å². The van der Waals surface area contributed by atoms with Crippen molar-refractivity contribution in [3.8, 4) is 56.2 Å². The molecule has 0 bridgehead atoms. The summed E-state index contributed by atoms with van der Waals surface area (Å²) >= 11 is 0. The minimum absolute atomic E-state index is 0.0584. The largest absolute Gasteiger partial charge is 0.228 e. The van der Waals surface area contributed by atoms with Crippen molar-refractivity contribution in [1.82, 2.24) is 9.97 Å². The number of hydrogen-bond acceptors (Lipinski definition) is 2. The molecule has 8 aromatic carbocycles. The van der Waals surface area contributed by atoms with Gasteiger partial charge in [0.1, 0.15) is 0 Å². The fraction of sp³-hybridized carbons (Fsp3) is 0.0612. The fourth-order valence-corrected chi connectivity index (χ4v) is 8.38. The molecule has 0 aliphatic heterocycles. The first-order chi connectivity index (χ1) is 25.0. The lowest BCUT2D eigenvalue weighted by Crippen LogP contribution is -2.14. The maximum absolute atomic E-state index is 5.46. The van der Waals surface area contributed by atoms with Crippen LogP contribution in [0.5, 0.6) is 0 Å². The van der Waals surface area contributed by atoms with Gasteiger partial charge < -0.3 is 0 Å². The van der Waals surface area contributed by atoms with Gasteiger partial charge in [0.2, 0.25) is 0 Å². The van der Waals surface area contributed by atoms with E-state index < -0.39 is 0 Å². The minimum atomic E-state index is -0.0584. The molecule has 2 nitrogen and oxygen atoms in total. The zero-order valence-corrected chi connectivity index (χ0v) is 28.6. The molecule has 1 aliphatic carbocycles. The number of fused-ring (bicyclic) bond motifs is 7. The van der Waals surface area contributed by atoms with E-state index in [1.165, 1.54) is 60.3 Å². The highest BCUT2D eigenvalue weighted by Gasteiger charge is 2.36. The summed E-state index contributed by atoms with van der Waals surface area (Å²) in [5.74, 6) is 0.728. The predicted octanol–water partition coefficient (Wildman–Crippen LogP) is 12.9. The molecule has 1 aliphatic rings. The summed E-state index contributed by atoms with van der Waals surface area (Å²) in [6, 6.07) is 61.2. The lowest BCUT2D eigenvalue weighted by atomic mass is 9.82. The Hall–Kier alpha value is -6.38. The third-order valence-corrected chi connectivity index (χ3v) is 10.8. The highest BCUT2D eigenvalue weighted by molar-refractivity contribution is 6.21. The Morgan fingerprint density at radius 1 is 0.392 bits per heavy atom. The lowest BCUT2D eigenvalue weighted by Gasteiger charge is -2.21. The Bertz CT molecular complexity index is 2830. The van der Waals surface area contributed by atoms with Crippen LogP contribution in [0.1, 0.15) is 25.0 Å². The summed E-state index contributed by atoms with van der Waals surface area (Å²) in [5, 5.41) is 7.09. The van der Waals surface area contributed by atoms with E-state index in [0.717, 1.165) is 39.3 Å². The maximum Gasteiger partial charge on any atom is 0.161 e.